The number of carboxylic acid groups (broad SMARTS) is 1. The largest absolute Gasteiger partial charge is 0.497 e. The summed E-state index contributed by atoms with van der Waals surface area (Å²) < 4.78 is 12.4. The molecular weight excluding hydrogens is 328 g/mol. The topological polar surface area (TPSA) is 73.1 Å². The van der Waals surface area contributed by atoms with Crippen molar-refractivity contribution in [1.29, 1.82) is 0 Å². The quantitative estimate of drug-likeness (QED) is 0.736. The Morgan fingerprint density at radius 3 is 2.75 bits per heavy atom. The van der Waals surface area contributed by atoms with Crippen molar-refractivity contribution in [2.45, 2.75) is 19.8 Å². The van der Waals surface area contributed by atoms with Crippen LogP contribution in [-0.4, -0.2) is 34.7 Å². The predicted molar refractivity (Wildman–Crippen MR) is 92.6 cm³/mol. The zero-order valence-corrected chi connectivity index (χ0v) is 14.5. The van der Waals surface area contributed by atoms with Crippen molar-refractivity contribution in [2.75, 3.05) is 14.2 Å². The molecule has 2 heterocycles. The fourth-order valence-corrected chi connectivity index (χ4v) is 3.64. The van der Waals surface area contributed by atoms with Crippen molar-refractivity contribution >= 4 is 22.3 Å². The predicted octanol–water partition coefficient (Wildman–Crippen LogP) is 3.73. The number of fused-ring (bicyclic) bond motifs is 1. The third-order valence-electron chi connectivity index (χ3n) is 3.81. The fourth-order valence-electron chi connectivity index (χ4n) is 2.74. The first-order valence-corrected chi connectivity index (χ1v) is 8.43. The van der Waals surface area contributed by atoms with Gasteiger partial charge in [-0.3, -0.25) is 4.40 Å². The lowest BCUT2D eigenvalue weighted by molar-refractivity contribution is 0.0688. The summed E-state index contributed by atoms with van der Waals surface area (Å²) in [7, 11) is 3.18. The van der Waals surface area contributed by atoms with Gasteiger partial charge in [0.2, 0.25) is 0 Å². The minimum Gasteiger partial charge on any atom is -0.497 e. The summed E-state index contributed by atoms with van der Waals surface area (Å²) in [5.41, 5.74) is 2.33. The van der Waals surface area contributed by atoms with Gasteiger partial charge in [-0.2, -0.15) is 0 Å². The highest BCUT2D eigenvalue weighted by atomic mass is 32.1. The number of carbonyl (C=O) groups is 1. The smallest absolute Gasteiger partial charge is 0.354 e. The number of imidazole rings is 1. The Labute approximate surface area is 143 Å². The van der Waals surface area contributed by atoms with Gasteiger partial charge < -0.3 is 14.6 Å². The maximum absolute atomic E-state index is 11.8. The number of aromatic carboxylic acids is 1. The van der Waals surface area contributed by atoms with Crippen LogP contribution in [0.15, 0.2) is 23.6 Å². The summed E-state index contributed by atoms with van der Waals surface area (Å²) in [6.07, 6.45) is 1.47. The van der Waals surface area contributed by atoms with Crippen LogP contribution in [0, 0.1) is 0 Å². The monoisotopic (exact) mass is 346 g/mol. The van der Waals surface area contributed by atoms with E-state index in [1.807, 2.05) is 24.4 Å². The van der Waals surface area contributed by atoms with Gasteiger partial charge in [0.15, 0.2) is 10.7 Å². The number of carboxylic acids is 1. The minimum atomic E-state index is -0.979. The molecule has 0 saturated heterocycles. The number of nitrogens with zero attached hydrogens (tertiary/aromatic N) is 2. The molecule has 0 aliphatic heterocycles. The van der Waals surface area contributed by atoms with Gasteiger partial charge in [-0.05, 0) is 24.6 Å². The molecule has 0 amide bonds. The molecule has 0 radical (unpaired) electrons. The molecule has 1 aromatic carbocycles. The Kier molecular flexibility index (Phi) is 4.44. The number of methoxy groups -OCH3 is 2. The summed E-state index contributed by atoms with van der Waals surface area (Å²) in [5, 5.41) is 11.6. The lowest BCUT2D eigenvalue weighted by atomic mass is 10.1. The lowest BCUT2D eigenvalue weighted by Crippen LogP contribution is -2.06. The van der Waals surface area contributed by atoms with E-state index in [1.54, 1.807) is 24.7 Å². The zero-order valence-electron chi connectivity index (χ0n) is 13.7. The third kappa shape index (κ3) is 2.60. The molecule has 0 unspecified atom stereocenters. The second kappa shape index (κ2) is 6.52. The molecule has 24 heavy (non-hydrogen) atoms. The van der Waals surface area contributed by atoms with E-state index in [4.69, 9.17) is 9.47 Å². The number of ether oxygens (including phenoxy) is 2. The molecule has 0 spiro atoms. The number of aryl methyl sites for hydroxylation is 1. The standard InChI is InChI=1S/C17H18N2O4S/c1-4-5-12-15(16(20)21)19-13(9-24-17(19)18-12)11-8-10(22-2)6-7-14(11)23-3/h6-9H,4-5H2,1-3H3,(H,20,21). The first kappa shape index (κ1) is 16.3. The van der Waals surface area contributed by atoms with E-state index in [-0.39, 0.29) is 5.69 Å². The van der Waals surface area contributed by atoms with Crippen molar-refractivity contribution in [3.8, 4) is 22.8 Å². The maximum Gasteiger partial charge on any atom is 0.354 e. The number of hydrogen-bond acceptors (Lipinski definition) is 5. The van der Waals surface area contributed by atoms with Gasteiger partial charge in [-0.1, -0.05) is 13.3 Å². The van der Waals surface area contributed by atoms with Gasteiger partial charge >= 0.3 is 5.97 Å². The van der Waals surface area contributed by atoms with E-state index in [0.29, 0.717) is 28.6 Å². The van der Waals surface area contributed by atoms with Gasteiger partial charge in [0.05, 0.1) is 25.6 Å². The van der Waals surface area contributed by atoms with Crippen LogP contribution in [0.3, 0.4) is 0 Å². The van der Waals surface area contributed by atoms with Crippen LogP contribution in [0.25, 0.3) is 16.2 Å². The molecular formula is C17H18N2O4S. The first-order chi connectivity index (χ1) is 11.6. The lowest BCUT2D eigenvalue weighted by Gasteiger charge is -2.10. The molecule has 3 rings (SSSR count). The molecule has 126 valence electrons. The normalized spacial score (nSPS) is 11.0. The van der Waals surface area contributed by atoms with Crippen molar-refractivity contribution in [3.05, 3.63) is 35.0 Å². The third-order valence-corrected chi connectivity index (χ3v) is 4.63. The Balaban J connectivity index is 2.29. The number of thiazole rings is 1. The van der Waals surface area contributed by atoms with Gasteiger partial charge in [-0.25, -0.2) is 9.78 Å². The highest BCUT2D eigenvalue weighted by molar-refractivity contribution is 7.15. The maximum atomic E-state index is 11.8. The molecule has 2 aromatic heterocycles. The molecule has 0 fully saturated rings. The summed E-state index contributed by atoms with van der Waals surface area (Å²) in [4.78, 5) is 17.0. The molecule has 3 aromatic rings. The van der Waals surface area contributed by atoms with Crippen LogP contribution in [-0.2, 0) is 6.42 Å². The summed E-state index contributed by atoms with van der Waals surface area (Å²) >= 11 is 1.41. The summed E-state index contributed by atoms with van der Waals surface area (Å²) in [6.45, 7) is 2.01. The molecule has 7 heteroatoms. The minimum absolute atomic E-state index is 0.216. The van der Waals surface area contributed by atoms with Gasteiger partial charge in [0.1, 0.15) is 11.5 Å². The van der Waals surface area contributed by atoms with Crippen LogP contribution < -0.4 is 9.47 Å². The van der Waals surface area contributed by atoms with Crippen molar-refractivity contribution in [1.82, 2.24) is 9.38 Å². The van der Waals surface area contributed by atoms with Crippen LogP contribution in [0.4, 0.5) is 0 Å². The average Bonchev–Trinajstić information content (AvgIpc) is 3.12. The van der Waals surface area contributed by atoms with E-state index in [0.717, 1.165) is 17.7 Å². The molecule has 0 saturated carbocycles. The number of aromatic nitrogens is 2. The number of rotatable bonds is 6. The van der Waals surface area contributed by atoms with Crippen molar-refractivity contribution in [3.63, 3.8) is 0 Å². The molecule has 1 N–H and O–H groups in total. The SMILES string of the molecule is CCCc1nc2scc(-c3cc(OC)ccc3OC)n2c1C(=O)O. The van der Waals surface area contributed by atoms with Crippen LogP contribution in [0.5, 0.6) is 11.5 Å². The Bertz CT molecular complexity index is 898. The molecule has 0 atom stereocenters. The van der Waals surface area contributed by atoms with E-state index < -0.39 is 5.97 Å². The van der Waals surface area contributed by atoms with E-state index in [2.05, 4.69) is 4.98 Å². The van der Waals surface area contributed by atoms with Crippen molar-refractivity contribution < 1.29 is 19.4 Å². The molecule has 0 bridgehead atoms. The van der Waals surface area contributed by atoms with Gasteiger partial charge in [0, 0.05) is 10.9 Å². The average molecular weight is 346 g/mol. The van der Waals surface area contributed by atoms with Crippen molar-refractivity contribution in [2.24, 2.45) is 0 Å². The van der Waals surface area contributed by atoms with E-state index in [1.165, 1.54) is 11.3 Å². The molecule has 6 nitrogen and oxygen atoms in total. The highest BCUT2D eigenvalue weighted by Crippen LogP contribution is 2.37. The molecule has 0 aliphatic rings. The highest BCUT2D eigenvalue weighted by Gasteiger charge is 2.23. The van der Waals surface area contributed by atoms with E-state index >= 15 is 0 Å². The first-order valence-electron chi connectivity index (χ1n) is 7.55. The van der Waals surface area contributed by atoms with Gasteiger partial charge in [0.25, 0.3) is 0 Å². The number of benzene rings is 1. The van der Waals surface area contributed by atoms with Gasteiger partial charge in [-0.15, -0.1) is 11.3 Å². The van der Waals surface area contributed by atoms with Crippen LogP contribution >= 0.6 is 11.3 Å². The second-order valence-electron chi connectivity index (χ2n) is 5.27. The van der Waals surface area contributed by atoms with E-state index in [9.17, 15) is 9.90 Å². The molecule has 0 aliphatic carbocycles. The number of hydrogen-bond donors (Lipinski definition) is 1. The summed E-state index contributed by atoms with van der Waals surface area (Å²) in [6, 6.07) is 5.45. The Hall–Kier alpha value is -2.54. The fraction of sp³-hybridized carbons (Fsp3) is 0.294. The second-order valence-corrected chi connectivity index (χ2v) is 6.10. The van der Waals surface area contributed by atoms with Crippen LogP contribution in [0.2, 0.25) is 0 Å². The van der Waals surface area contributed by atoms with Crippen LogP contribution in [0.1, 0.15) is 29.5 Å². The Morgan fingerprint density at radius 2 is 2.12 bits per heavy atom. The summed E-state index contributed by atoms with van der Waals surface area (Å²) in [5.74, 6) is 0.348. The zero-order chi connectivity index (χ0) is 17.3. The Morgan fingerprint density at radius 1 is 1.33 bits per heavy atom.